The highest BCUT2D eigenvalue weighted by Gasteiger charge is 2.26. The summed E-state index contributed by atoms with van der Waals surface area (Å²) in [5, 5.41) is 11.0. The molecule has 26 heavy (non-hydrogen) atoms. The van der Waals surface area contributed by atoms with Gasteiger partial charge in [-0.3, -0.25) is 19.7 Å². The zero-order valence-corrected chi connectivity index (χ0v) is 15.5. The molecule has 1 aromatic rings. The van der Waals surface area contributed by atoms with Crippen LogP contribution >= 0.6 is 0 Å². The number of hydrogen-bond acceptors (Lipinski definition) is 7. The third kappa shape index (κ3) is 6.27. The zero-order valence-electron chi connectivity index (χ0n) is 15.5. The van der Waals surface area contributed by atoms with Gasteiger partial charge in [0.15, 0.2) is 5.78 Å². The fourth-order valence-corrected chi connectivity index (χ4v) is 1.99. The molecule has 0 amide bonds. The molecule has 0 aliphatic rings. The van der Waals surface area contributed by atoms with Crippen LogP contribution in [0.5, 0.6) is 0 Å². The van der Waals surface area contributed by atoms with Gasteiger partial charge in [-0.15, -0.1) is 0 Å². The molecular weight excluding hydrogens is 342 g/mol. The summed E-state index contributed by atoms with van der Waals surface area (Å²) >= 11 is 0. The Balaban J connectivity index is 3.17. The topological polar surface area (TPSA) is 113 Å². The molecule has 0 saturated heterocycles. The van der Waals surface area contributed by atoms with Crippen LogP contribution in [0, 0.1) is 10.1 Å². The smallest absolute Gasteiger partial charge is 0.339 e. The summed E-state index contributed by atoms with van der Waals surface area (Å²) in [5.41, 5.74) is -1.50. The number of esters is 2. The van der Waals surface area contributed by atoms with E-state index in [1.165, 1.54) is 0 Å². The van der Waals surface area contributed by atoms with Gasteiger partial charge < -0.3 is 9.47 Å². The molecule has 8 nitrogen and oxygen atoms in total. The highest BCUT2D eigenvalue weighted by atomic mass is 16.6. The number of ketones is 1. The summed E-state index contributed by atoms with van der Waals surface area (Å²) in [6, 6.07) is 3.24. The Morgan fingerprint density at radius 2 is 1.81 bits per heavy atom. The highest BCUT2D eigenvalue weighted by Crippen LogP contribution is 2.22. The largest absolute Gasteiger partial charge is 0.460 e. The molecule has 8 heteroatoms. The van der Waals surface area contributed by atoms with E-state index in [-0.39, 0.29) is 22.9 Å². The van der Waals surface area contributed by atoms with Crippen LogP contribution in [0.4, 0.5) is 5.69 Å². The molecule has 0 spiro atoms. The van der Waals surface area contributed by atoms with Crippen molar-refractivity contribution >= 4 is 23.4 Å². The number of hydrogen-bond donors (Lipinski definition) is 0. The standard InChI is InChI=1S/C18H23NO7/c1-6-11(2)25-17(22)13-8-7-12(19(23)24)9-14(13)15(20)10-16(21)26-18(3,4)5/h7-9,11H,6,10H2,1-5H3. The molecular formula is C18H23NO7. The Morgan fingerprint density at radius 3 is 2.31 bits per heavy atom. The second-order valence-electron chi connectivity index (χ2n) is 6.80. The molecule has 0 bridgehead atoms. The molecule has 1 unspecified atom stereocenters. The van der Waals surface area contributed by atoms with Gasteiger partial charge in [-0.1, -0.05) is 6.92 Å². The van der Waals surface area contributed by atoms with E-state index in [0.29, 0.717) is 6.42 Å². The molecule has 0 heterocycles. The Hall–Kier alpha value is -2.77. The molecule has 1 atom stereocenters. The van der Waals surface area contributed by atoms with Crippen molar-refractivity contribution in [2.75, 3.05) is 0 Å². The lowest BCUT2D eigenvalue weighted by atomic mass is 10.0. The van der Waals surface area contributed by atoms with Crippen molar-refractivity contribution in [1.82, 2.24) is 0 Å². The van der Waals surface area contributed by atoms with Gasteiger partial charge in [0.05, 0.1) is 16.6 Å². The summed E-state index contributed by atoms with van der Waals surface area (Å²) in [5.74, 6) is -2.31. The monoisotopic (exact) mass is 365 g/mol. The SMILES string of the molecule is CCC(C)OC(=O)c1ccc([N+](=O)[O-])cc1C(=O)CC(=O)OC(C)(C)C. The summed E-state index contributed by atoms with van der Waals surface area (Å²) in [6.45, 7) is 8.46. The van der Waals surface area contributed by atoms with Gasteiger partial charge in [-0.25, -0.2) is 4.79 Å². The van der Waals surface area contributed by atoms with E-state index in [1.54, 1.807) is 27.7 Å². The second kappa shape index (κ2) is 8.55. The van der Waals surface area contributed by atoms with Crippen LogP contribution in [0.25, 0.3) is 0 Å². The fourth-order valence-electron chi connectivity index (χ4n) is 1.99. The zero-order chi connectivity index (χ0) is 20.1. The molecule has 1 rings (SSSR count). The van der Waals surface area contributed by atoms with E-state index in [0.717, 1.165) is 18.2 Å². The first-order valence-corrected chi connectivity index (χ1v) is 8.19. The van der Waals surface area contributed by atoms with Crippen LogP contribution in [-0.4, -0.2) is 34.4 Å². The summed E-state index contributed by atoms with van der Waals surface area (Å²) in [6.07, 6.45) is -0.450. The van der Waals surface area contributed by atoms with Crippen LogP contribution in [0.3, 0.4) is 0 Å². The average molecular weight is 365 g/mol. The number of Topliss-reactive ketones (excluding diaryl/α,β-unsaturated/α-hetero) is 1. The van der Waals surface area contributed by atoms with Gasteiger partial charge in [0.1, 0.15) is 12.0 Å². The number of carbonyl (C=O) groups is 3. The minimum atomic E-state index is -0.782. The van der Waals surface area contributed by atoms with Crippen molar-refractivity contribution < 1.29 is 28.8 Å². The molecule has 0 aromatic heterocycles. The van der Waals surface area contributed by atoms with Crippen LogP contribution in [0.1, 0.15) is 68.2 Å². The van der Waals surface area contributed by atoms with Gasteiger partial charge in [-0.05, 0) is 40.2 Å². The molecule has 1 aromatic carbocycles. The molecule has 0 aliphatic heterocycles. The Labute approximate surface area is 151 Å². The van der Waals surface area contributed by atoms with E-state index < -0.39 is 34.7 Å². The van der Waals surface area contributed by atoms with Gasteiger partial charge in [0, 0.05) is 17.7 Å². The molecule has 0 saturated carbocycles. The Kier molecular flexibility index (Phi) is 7.00. The Morgan fingerprint density at radius 1 is 1.19 bits per heavy atom. The number of nitrogens with zero attached hydrogens (tertiary/aromatic N) is 1. The first-order valence-electron chi connectivity index (χ1n) is 8.19. The first kappa shape index (κ1) is 21.3. The average Bonchev–Trinajstić information content (AvgIpc) is 2.51. The van der Waals surface area contributed by atoms with Crippen molar-refractivity contribution in [3.8, 4) is 0 Å². The lowest BCUT2D eigenvalue weighted by molar-refractivity contribution is -0.384. The quantitative estimate of drug-likeness (QED) is 0.239. The number of carbonyl (C=O) groups excluding carboxylic acids is 3. The van der Waals surface area contributed by atoms with E-state index in [2.05, 4.69) is 0 Å². The normalized spacial score (nSPS) is 12.2. The highest BCUT2D eigenvalue weighted by molar-refractivity contribution is 6.12. The maximum absolute atomic E-state index is 12.5. The van der Waals surface area contributed by atoms with E-state index >= 15 is 0 Å². The van der Waals surface area contributed by atoms with Crippen molar-refractivity contribution in [3.63, 3.8) is 0 Å². The predicted molar refractivity (Wildman–Crippen MR) is 93.1 cm³/mol. The number of ether oxygens (including phenoxy) is 2. The molecule has 142 valence electrons. The lowest BCUT2D eigenvalue weighted by Crippen LogP contribution is -2.26. The summed E-state index contributed by atoms with van der Waals surface area (Å²) in [4.78, 5) is 46.9. The minimum absolute atomic E-state index is 0.121. The van der Waals surface area contributed by atoms with E-state index in [4.69, 9.17) is 9.47 Å². The van der Waals surface area contributed by atoms with Gasteiger partial charge in [0.25, 0.3) is 5.69 Å². The molecule has 0 N–H and O–H groups in total. The van der Waals surface area contributed by atoms with Crippen molar-refractivity contribution in [3.05, 3.63) is 39.4 Å². The number of nitro groups is 1. The minimum Gasteiger partial charge on any atom is -0.460 e. The van der Waals surface area contributed by atoms with Gasteiger partial charge in [-0.2, -0.15) is 0 Å². The number of non-ortho nitro benzene ring substituents is 1. The summed E-state index contributed by atoms with van der Waals surface area (Å²) < 4.78 is 10.3. The third-order valence-electron chi connectivity index (χ3n) is 3.34. The van der Waals surface area contributed by atoms with Gasteiger partial charge >= 0.3 is 11.9 Å². The van der Waals surface area contributed by atoms with E-state index in [1.807, 2.05) is 6.92 Å². The van der Waals surface area contributed by atoms with Crippen LogP contribution in [-0.2, 0) is 14.3 Å². The van der Waals surface area contributed by atoms with Crippen molar-refractivity contribution in [2.24, 2.45) is 0 Å². The number of nitro benzene ring substituents is 1. The van der Waals surface area contributed by atoms with Crippen LogP contribution in [0.15, 0.2) is 18.2 Å². The maximum atomic E-state index is 12.5. The predicted octanol–water partition coefficient (Wildman–Crippen LogP) is 3.46. The maximum Gasteiger partial charge on any atom is 0.339 e. The molecule has 0 fully saturated rings. The van der Waals surface area contributed by atoms with Gasteiger partial charge in [0.2, 0.25) is 0 Å². The third-order valence-corrected chi connectivity index (χ3v) is 3.34. The van der Waals surface area contributed by atoms with E-state index in [9.17, 15) is 24.5 Å². The summed E-state index contributed by atoms with van der Waals surface area (Å²) in [7, 11) is 0. The fraction of sp³-hybridized carbons (Fsp3) is 0.500. The lowest BCUT2D eigenvalue weighted by Gasteiger charge is -2.19. The number of rotatable bonds is 7. The molecule has 0 radical (unpaired) electrons. The van der Waals surface area contributed by atoms with Crippen molar-refractivity contribution in [2.45, 2.75) is 59.2 Å². The first-order chi connectivity index (χ1) is 11.9. The Bertz CT molecular complexity index is 719. The number of benzene rings is 1. The van der Waals surface area contributed by atoms with Crippen molar-refractivity contribution in [1.29, 1.82) is 0 Å². The van der Waals surface area contributed by atoms with Crippen LogP contribution in [0.2, 0.25) is 0 Å². The van der Waals surface area contributed by atoms with Crippen LogP contribution < -0.4 is 0 Å². The molecule has 0 aliphatic carbocycles. The second-order valence-corrected chi connectivity index (χ2v) is 6.80.